The molecule has 110 valence electrons. The summed E-state index contributed by atoms with van der Waals surface area (Å²) in [5, 5.41) is 21.9. The molecule has 0 unspecified atom stereocenters. The second kappa shape index (κ2) is 6.42. The predicted octanol–water partition coefficient (Wildman–Crippen LogP) is 1.87. The topological polar surface area (TPSA) is 92.5 Å². The van der Waals surface area contributed by atoms with Crippen LogP contribution in [0.5, 0.6) is 0 Å². The lowest BCUT2D eigenvalue weighted by Gasteiger charge is -2.23. The summed E-state index contributed by atoms with van der Waals surface area (Å²) in [4.78, 5) is 21.6. The van der Waals surface area contributed by atoms with Crippen LogP contribution in [0.4, 0.5) is 10.1 Å². The van der Waals surface area contributed by atoms with Crippen LogP contribution in [0.25, 0.3) is 0 Å². The summed E-state index contributed by atoms with van der Waals surface area (Å²) in [6, 6.07) is 2.88. The molecule has 1 aromatic carbocycles. The Bertz CT molecular complexity index is 517. The molecule has 0 aliphatic heterocycles. The first-order valence-corrected chi connectivity index (χ1v) is 6.10. The van der Waals surface area contributed by atoms with Gasteiger partial charge in [-0.1, -0.05) is 13.8 Å². The Kier molecular flexibility index (Phi) is 5.15. The molecule has 0 radical (unpaired) electrons. The highest BCUT2D eigenvalue weighted by Crippen LogP contribution is 2.19. The fourth-order valence-corrected chi connectivity index (χ4v) is 1.61. The zero-order valence-electron chi connectivity index (χ0n) is 11.4. The zero-order chi connectivity index (χ0) is 15.3. The molecule has 0 saturated carbocycles. The van der Waals surface area contributed by atoms with Crippen molar-refractivity contribution >= 4 is 11.6 Å². The van der Waals surface area contributed by atoms with Crippen molar-refractivity contribution in [3.8, 4) is 0 Å². The lowest BCUT2D eigenvalue weighted by atomic mass is 9.89. The zero-order valence-corrected chi connectivity index (χ0v) is 11.4. The van der Waals surface area contributed by atoms with Crippen molar-refractivity contribution in [3.05, 3.63) is 39.7 Å². The van der Waals surface area contributed by atoms with Gasteiger partial charge in [0.05, 0.1) is 16.6 Å². The fourth-order valence-electron chi connectivity index (χ4n) is 1.61. The Labute approximate surface area is 115 Å². The van der Waals surface area contributed by atoms with Gasteiger partial charge in [0.1, 0.15) is 5.82 Å². The molecule has 20 heavy (non-hydrogen) atoms. The number of halogens is 1. The van der Waals surface area contributed by atoms with Crippen molar-refractivity contribution in [1.82, 2.24) is 5.32 Å². The molecule has 1 amide bonds. The van der Waals surface area contributed by atoms with Crippen molar-refractivity contribution in [2.45, 2.75) is 20.3 Å². The molecule has 0 bridgehead atoms. The van der Waals surface area contributed by atoms with E-state index in [2.05, 4.69) is 5.32 Å². The number of carbonyl (C=O) groups is 1. The molecule has 0 aliphatic carbocycles. The van der Waals surface area contributed by atoms with Crippen molar-refractivity contribution < 1.29 is 19.2 Å². The van der Waals surface area contributed by atoms with Gasteiger partial charge in [-0.3, -0.25) is 14.9 Å². The molecule has 7 heteroatoms. The second-order valence-electron chi connectivity index (χ2n) is 5.24. The third-order valence-corrected chi connectivity index (χ3v) is 2.92. The Hall–Kier alpha value is -2.02. The van der Waals surface area contributed by atoms with Gasteiger partial charge < -0.3 is 10.4 Å². The molecule has 0 fully saturated rings. The van der Waals surface area contributed by atoms with Crippen molar-refractivity contribution in [3.63, 3.8) is 0 Å². The molecule has 0 aromatic heterocycles. The van der Waals surface area contributed by atoms with E-state index in [-0.39, 0.29) is 24.1 Å². The standard InChI is InChI=1S/C13H17FN2O4/c1-13(2,5-6-17)8-15-12(18)10-4-3-9(16(19)20)7-11(10)14/h3-4,7,17H,5-6,8H2,1-2H3,(H,15,18). The van der Waals surface area contributed by atoms with Gasteiger partial charge in [-0.15, -0.1) is 0 Å². The summed E-state index contributed by atoms with van der Waals surface area (Å²) in [5.74, 6) is -1.57. The highest BCUT2D eigenvalue weighted by Gasteiger charge is 2.21. The normalized spacial score (nSPS) is 11.2. The maximum atomic E-state index is 13.6. The Morgan fingerprint density at radius 1 is 1.50 bits per heavy atom. The van der Waals surface area contributed by atoms with Crippen LogP contribution >= 0.6 is 0 Å². The molecule has 0 saturated heterocycles. The number of hydrogen-bond donors (Lipinski definition) is 2. The number of non-ortho nitro benzene ring substituents is 1. The van der Waals surface area contributed by atoms with E-state index in [9.17, 15) is 19.3 Å². The van der Waals surface area contributed by atoms with Gasteiger partial charge >= 0.3 is 0 Å². The van der Waals surface area contributed by atoms with Crippen molar-refractivity contribution in [1.29, 1.82) is 0 Å². The number of nitro benzene ring substituents is 1. The molecule has 0 atom stereocenters. The molecular weight excluding hydrogens is 267 g/mol. The van der Waals surface area contributed by atoms with Gasteiger partial charge in [0.25, 0.3) is 11.6 Å². The fraction of sp³-hybridized carbons (Fsp3) is 0.462. The van der Waals surface area contributed by atoms with Crippen molar-refractivity contribution in [2.75, 3.05) is 13.2 Å². The van der Waals surface area contributed by atoms with Crippen LogP contribution in [0, 0.1) is 21.3 Å². The minimum absolute atomic E-state index is 0.00520. The van der Waals surface area contributed by atoms with Crippen LogP contribution in [-0.4, -0.2) is 29.1 Å². The third kappa shape index (κ3) is 4.27. The van der Waals surface area contributed by atoms with Gasteiger partial charge in [-0.2, -0.15) is 0 Å². The maximum absolute atomic E-state index is 13.6. The van der Waals surface area contributed by atoms with E-state index < -0.39 is 22.3 Å². The Morgan fingerprint density at radius 3 is 2.65 bits per heavy atom. The average molecular weight is 284 g/mol. The highest BCUT2D eigenvalue weighted by atomic mass is 19.1. The van der Waals surface area contributed by atoms with Gasteiger partial charge in [-0.25, -0.2) is 4.39 Å². The summed E-state index contributed by atoms with van der Waals surface area (Å²) in [5.41, 5.74) is -0.961. The third-order valence-electron chi connectivity index (χ3n) is 2.92. The Morgan fingerprint density at radius 2 is 2.15 bits per heavy atom. The molecule has 1 aromatic rings. The predicted molar refractivity (Wildman–Crippen MR) is 70.9 cm³/mol. The number of nitrogens with one attached hydrogen (secondary N) is 1. The summed E-state index contributed by atoms with van der Waals surface area (Å²) >= 11 is 0. The minimum Gasteiger partial charge on any atom is -0.396 e. The SMILES string of the molecule is CC(C)(CCO)CNC(=O)c1ccc([N+](=O)[O-])cc1F. The van der Waals surface area contributed by atoms with Crippen LogP contribution in [0.2, 0.25) is 0 Å². The minimum atomic E-state index is -0.934. The van der Waals surface area contributed by atoms with Gasteiger partial charge in [0, 0.05) is 19.2 Å². The molecule has 1 rings (SSSR count). The molecular formula is C13H17FN2O4. The molecule has 0 aliphatic rings. The number of amides is 1. The Balaban J connectivity index is 2.76. The highest BCUT2D eigenvalue weighted by molar-refractivity contribution is 5.94. The lowest BCUT2D eigenvalue weighted by molar-refractivity contribution is -0.385. The largest absolute Gasteiger partial charge is 0.396 e. The first kappa shape index (κ1) is 16.0. The molecule has 6 nitrogen and oxygen atoms in total. The van der Waals surface area contributed by atoms with Crippen LogP contribution in [-0.2, 0) is 0 Å². The van der Waals surface area contributed by atoms with Crippen LogP contribution in [0.1, 0.15) is 30.6 Å². The summed E-state index contributed by atoms with van der Waals surface area (Å²) in [6.45, 7) is 3.98. The van der Waals surface area contributed by atoms with E-state index in [1.54, 1.807) is 0 Å². The summed E-state index contributed by atoms with van der Waals surface area (Å²) in [7, 11) is 0. The van der Waals surface area contributed by atoms with E-state index in [1.807, 2.05) is 13.8 Å². The summed E-state index contributed by atoms with van der Waals surface area (Å²) in [6.07, 6.45) is 0.496. The van der Waals surface area contributed by atoms with E-state index in [1.165, 1.54) is 0 Å². The first-order valence-electron chi connectivity index (χ1n) is 6.10. The molecule has 0 spiro atoms. The number of benzene rings is 1. The quantitative estimate of drug-likeness (QED) is 0.616. The summed E-state index contributed by atoms with van der Waals surface area (Å²) < 4.78 is 13.6. The van der Waals surface area contributed by atoms with Crippen LogP contribution in [0.15, 0.2) is 18.2 Å². The average Bonchev–Trinajstić information content (AvgIpc) is 2.35. The number of nitro groups is 1. The number of hydrogen-bond acceptors (Lipinski definition) is 4. The van der Waals surface area contributed by atoms with E-state index >= 15 is 0 Å². The van der Waals surface area contributed by atoms with E-state index in [0.717, 1.165) is 12.1 Å². The number of aliphatic hydroxyl groups excluding tert-OH is 1. The van der Waals surface area contributed by atoms with Crippen molar-refractivity contribution in [2.24, 2.45) is 5.41 Å². The second-order valence-corrected chi connectivity index (χ2v) is 5.24. The van der Waals surface area contributed by atoms with Crippen LogP contribution in [0.3, 0.4) is 0 Å². The number of aliphatic hydroxyl groups is 1. The van der Waals surface area contributed by atoms with E-state index in [4.69, 9.17) is 5.11 Å². The van der Waals surface area contributed by atoms with Gasteiger partial charge in [0.15, 0.2) is 0 Å². The molecule has 0 heterocycles. The first-order chi connectivity index (χ1) is 9.26. The molecule has 2 N–H and O–H groups in total. The lowest BCUT2D eigenvalue weighted by Crippen LogP contribution is -2.34. The van der Waals surface area contributed by atoms with Gasteiger partial charge in [0.2, 0.25) is 0 Å². The number of nitrogens with zero attached hydrogens (tertiary/aromatic N) is 1. The smallest absolute Gasteiger partial charge is 0.272 e. The van der Waals surface area contributed by atoms with E-state index in [0.29, 0.717) is 12.5 Å². The van der Waals surface area contributed by atoms with Gasteiger partial charge in [-0.05, 0) is 17.9 Å². The van der Waals surface area contributed by atoms with Crippen LogP contribution < -0.4 is 5.32 Å². The monoisotopic (exact) mass is 284 g/mol. The number of carbonyl (C=O) groups excluding carboxylic acids is 1. The number of rotatable bonds is 6. The maximum Gasteiger partial charge on any atom is 0.272 e.